The average Bonchev–Trinajstić information content (AvgIpc) is 2.43. The molecule has 2 nitrogen and oxygen atoms in total. The van der Waals surface area contributed by atoms with Crippen LogP contribution >= 0.6 is 0 Å². The lowest BCUT2D eigenvalue weighted by Crippen LogP contribution is -2.03. The summed E-state index contributed by atoms with van der Waals surface area (Å²) in [6.45, 7) is 2.22. The third-order valence-electron chi connectivity index (χ3n) is 2.78. The molecule has 1 aliphatic carbocycles. The third-order valence-corrected chi connectivity index (χ3v) is 2.78. The molecule has 1 fully saturated rings. The summed E-state index contributed by atoms with van der Waals surface area (Å²) < 4.78 is 4.79. The van der Waals surface area contributed by atoms with Crippen molar-refractivity contribution in [1.29, 1.82) is 0 Å². The molecule has 0 unspecified atom stereocenters. The van der Waals surface area contributed by atoms with Gasteiger partial charge in [-0.05, 0) is 19.1 Å². The summed E-state index contributed by atoms with van der Waals surface area (Å²) in [5.74, 6) is -0.256. The fourth-order valence-electron chi connectivity index (χ4n) is 1.85. The van der Waals surface area contributed by atoms with Crippen molar-refractivity contribution in [3.63, 3.8) is 0 Å². The fourth-order valence-corrected chi connectivity index (χ4v) is 1.85. The molecule has 0 aliphatic heterocycles. The quantitative estimate of drug-likeness (QED) is 0.717. The van der Waals surface area contributed by atoms with Crippen molar-refractivity contribution >= 4 is 5.97 Å². The van der Waals surface area contributed by atoms with Crippen LogP contribution in [0.2, 0.25) is 0 Å². The van der Waals surface area contributed by atoms with E-state index in [1.54, 1.807) is 19.1 Å². The van der Waals surface area contributed by atoms with Crippen LogP contribution in [-0.4, -0.2) is 12.6 Å². The second-order valence-electron chi connectivity index (χ2n) is 4.21. The smallest absolute Gasteiger partial charge is 0.338 e. The third kappa shape index (κ3) is 6.10. The molecule has 0 radical (unpaired) electrons. The Kier molecular flexibility index (Phi) is 7.12. The molecule has 0 N–H and O–H groups in total. The van der Waals surface area contributed by atoms with E-state index in [-0.39, 0.29) is 5.97 Å². The summed E-state index contributed by atoms with van der Waals surface area (Å²) in [4.78, 5) is 11.0. The van der Waals surface area contributed by atoms with E-state index >= 15 is 0 Å². The van der Waals surface area contributed by atoms with Crippen LogP contribution in [0.5, 0.6) is 0 Å². The fraction of sp³-hybridized carbons (Fsp3) is 0.533. The van der Waals surface area contributed by atoms with E-state index in [1.165, 1.54) is 38.5 Å². The monoisotopic (exact) mass is 234 g/mol. The zero-order valence-corrected chi connectivity index (χ0v) is 10.7. The largest absolute Gasteiger partial charge is 0.462 e. The number of carbonyl (C=O) groups is 1. The first kappa shape index (κ1) is 13.8. The summed E-state index contributed by atoms with van der Waals surface area (Å²) in [6.07, 6.45) is 9.00. The predicted octanol–water partition coefficient (Wildman–Crippen LogP) is 4.20. The highest BCUT2D eigenvalue weighted by atomic mass is 16.5. The zero-order chi connectivity index (χ0) is 12.3. The standard InChI is InChI=1S/C9H10O2.C6H12/c1-2-11-9(10)8-6-4-3-5-7-8;1-2-4-6-5-3-1/h3-7H,2H2,1H3;1-6H2. The van der Waals surface area contributed by atoms with Crippen molar-refractivity contribution in [2.24, 2.45) is 0 Å². The van der Waals surface area contributed by atoms with Gasteiger partial charge in [0, 0.05) is 0 Å². The normalized spacial score (nSPS) is 14.4. The molecule has 0 bridgehead atoms. The minimum Gasteiger partial charge on any atom is -0.462 e. The highest BCUT2D eigenvalue weighted by Crippen LogP contribution is 2.15. The SMILES string of the molecule is C1CCCCC1.CCOC(=O)c1ccccc1. The van der Waals surface area contributed by atoms with Gasteiger partial charge in [-0.25, -0.2) is 4.79 Å². The lowest BCUT2D eigenvalue weighted by atomic mass is 10.0. The number of esters is 1. The maximum atomic E-state index is 11.0. The van der Waals surface area contributed by atoms with Crippen molar-refractivity contribution in [3.8, 4) is 0 Å². The van der Waals surface area contributed by atoms with Crippen molar-refractivity contribution in [3.05, 3.63) is 35.9 Å². The number of hydrogen-bond acceptors (Lipinski definition) is 2. The van der Waals surface area contributed by atoms with Gasteiger partial charge in [0.2, 0.25) is 0 Å². The van der Waals surface area contributed by atoms with E-state index in [0.29, 0.717) is 12.2 Å². The van der Waals surface area contributed by atoms with Gasteiger partial charge in [-0.1, -0.05) is 56.7 Å². The van der Waals surface area contributed by atoms with Gasteiger partial charge in [0.25, 0.3) is 0 Å². The molecule has 0 aromatic heterocycles. The molecule has 0 saturated heterocycles. The molecule has 17 heavy (non-hydrogen) atoms. The van der Waals surface area contributed by atoms with Gasteiger partial charge in [0.05, 0.1) is 12.2 Å². The first-order valence-electron chi connectivity index (χ1n) is 6.56. The van der Waals surface area contributed by atoms with Crippen LogP contribution in [0.25, 0.3) is 0 Å². The zero-order valence-electron chi connectivity index (χ0n) is 10.7. The molecular formula is C15H22O2. The molecule has 0 spiro atoms. The van der Waals surface area contributed by atoms with Gasteiger partial charge in [0.1, 0.15) is 0 Å². The van der Waals surface area contributed by atoms with E-state index < -0.39 is 0 Å². The average molecular weight is 234 g/mol. The Morgan fingerprint density at radius 2 is 1.47 bits per heavy atom. The van der Waals surface area contributed by atoms with Crippen molar-refractivity contribution in [2.45, 2.75) is 45.4 Å². The Bertz CT molecular complexity index is 290. The van der Waals surface area contributed by atoms with E-state index in [9.17, 15) is 4.79 Å². The van der Waals surface area contributed by atoms with Crippen LogP contribution in [-0.2, 0) is 4.74 Å². The molecule has 1 aliphatic rings. The molecule has 1 saturated carbocycles. The number of carbonyl (C=O) groups excluding carboxylic acids is 1. The van der Waals surface area contributed by atoms with E-state index in [1.807, 2.05) is 18.2 Å². The molecule has 0 amide bonds. The lowest BCUT2D eigenvalue weighted by molar-refractivity contribution is 0.0526. The first-order chi connectivity index (χ1) is 8.34. The van der Waals surface area contributed by atoms with Gasteiger partial charge in [-0.2, -0.15) is 0 Å². The van der Waals surface area contributed by atoms with Crippen LogP contribution in [0, 0.1) is 0 Å². The second-order valence-corrected chi connectivity index (χ2v) is 4.21. The molecule has 94 valence electrons. The van der Waals surface area contributed by atoms with Gasteiger partial charge in [0.15, 0.2) is 0 Å². The van der Waals surface area contributed by atoms with Gasteiger partial charge < -0.3 is 4.74 Å². The van der Waals surface area contributed by atoms with Crippen molar-refractivity contribution in [2.75, 3.05) is 6.61 Å². The summed E-state index contributed by atoms with van der Waals surface area (Å²) in [5.41, 5.74) is 0.606. The van der Waals surface area contributed by atoms with Crippen LogP contribution in [0.1, 0.15) is 55.8 Å². The highest BCUT2D eigenvalue weighted by Gasteiger charge is 2.02. The highest BCUT2D eigenvalue weighted by molar-refractivity contribution is 5.89. The predicted molar refractivity (Wildman–Crippen MR) is 70.1 cm³/mol. The summed E-state index contributed by atoms with van der Waals surface area (Å²) in [6, 6.07) is 8.96. The minimum absolute atomic E-state index is 0.256. The van der Waals surface area contributed by atoms with Crippen LogP contribution in [0.3, 0.4) is 0 Å². The first-order valence-corrected chi connectivity index (χ1v) is 6.56. The Morgan fingerprint density at radius 1 is 1.00 bits per heavy atom. The van der Waals surface area contributed by atoms with Crippen LogP contribution in [0.15, 0.2) is 30.3 Å². The topological polar surface area (TPSA) is 26.3 Å². The van der Waals surface area contributed by atoms with E-state index in [0.717, 1.165) is 0 Å². The Balaban J connectivity index is 0.000000202. The van der Waals surface area contributed by atoms with Crippen molar-refractivity contribution < 1.29 is 9.53 Å². The molecule has 2 heteroatoms. The summed E-state index contributed by atoms with van der Waals surface area (Å²) >= 11 is 0. The molecule has 1 aromatic carbocycles. The van der Waals surface area contributed by atoms with Crippen LogP contribution < -0.4 is 0 Å². The lowest BCUT2D eigenvalue weighted by Gasteiger charge is -2.05. The van der Waals surface area contributed by atoms with Crippen molar-refractivity contribution in [1.82, 2.24) is 0 Å². The summed E-state index contributed by atoms with van der Waals surface area (Å²) in [5, 5.41) is 0. The molecule has 0 atom stereocenters. The van der Waals surface area contributed by atoms with Crippen LogP contribution in [0.4, 0.5) is 0 Å². The number of ether oxygens (including phenoxy) is 1. The molecule has 1 aromatic rings. The van der Waals surface area contributed by atoms with E-state index in [4.69, 9.17) is 4.74 Å². The Labute approximate surface area is 104 Å². The minimum atomic E-state index is -0.256. The number of hydrogen-bond donors (Lipinski definition) is 0. The summed E-state index contributed by atoms with van der Waals surface area (Å²) in [7, 11) is 0. The number of benzene rings is 1. The van der Waals surface area contributed by atoms with Gasteiger partial charge >= 0.3 is 5.97 Å². The maximum absolute atomic E-state index is 11.0. The molecule has 2 rings (SSSR count). The van der Waals surface area contributed by atoms with E-state index in [2.05, 4.69) is 0 Å². The van der Waals surface area contributed by atoms with Gasteiger partial charge in [-0.3, -0.25) is 0 Å². The van der Waals surface area contributed by atoms with Gasteiger partial charge in [-0.15, -0.1) is 0 Å². The molecular weight excluding hydrogens is 212 g/mol. The second kappa shape index (κ2) is 8.80. The maximum Gasteiger partial charge on any atom is 0.338 e. The Hall–Kier alpha value is -1.31. The Morgan fingerprint density at radius 3 is 1.88 bits per heavy atom. The molecule has 0 heterocycles. The number of rotatable bonds is 2.